The van der Waals surface area contributed by atoms with Gasteiger partial charge in [0.2, 0.25) is 5.91 Å². The third-order valence-corrected chi connectivity index (χ3v) is 4.76. The molecule has 0 unspecified atom stereocenters. The van der Waals surface area contributed by atoms with Crippen molar-refractivity contribution in [3.05, 3.63) is 66.6 Å². The van der Waals surface area contributed by atoms with Crippen molar-refractivity contribution in [1.29, 1.82) is 0 Å². The van der Waals surface area contributed by atoms with Crippen LogP contribution < -0.4 is 15.1 Å². The number of benzene rings is 2. The van der Waals surface area contributed by atoms with Crippen molar-refractivity contribution in [3.8, 4) is 5.75 Å². The SMILES string of the molecule is O=C(CSc1nnc(COc2ccccc2)o1)NC1=NN(c2ccccc2)C(=O)C1. The van der Waals surface area contributed by atoms with Crippen molar-refractivity contribution < 1.29 is 18.7 Å². The fourth-order valence-corrected chi connectivity index (χ4v) is 3.19. The maximum absolute atomic E-state index is 12.2. The first kappa shape index (κ1) is 19.6. The summed E-state index contributed by atoms with van der Waals surface area (Å²) < 4.78 is 11.0. The van der Waals surface area contributed by atoms with E-state index in [0.717, 1.165) is 11.8 Å². The lowest BCUT2D eigenvalue weighted by Crippen LogP contribution is -2.31. The number of amides is 2. The average Bonchev–Trinajstić information content (AvgIpc) is 3.38. The zero-order valence-electron chi connectivity index (χ0n) is 15.7. The van der Waals surface area contributed by atoms with Gasteiger partial charge >= 0.3 is 0 Å². The second kappa shape index (κ2) is 9.23. The molecule has 0 fully saturated rings. The van der Waals surface area contributed by atoms with Crippen LogP contribution in [0.3, 0.4) is 0 Å². The van der Waals surface area contributed by atoms with Gasteiger partial charge in [0, 0.05) is 0 Å². The van der Waals surface area contributed by atoms with Crippen LogP contribution in [-0.2, 0) is 16.2 Å². The third kappa shape index (κ3) is 5.03. The van der Waals surface area contributed by atoms with Crippen LogP contribution in [0.15, 0.2) is 75.4 Å². The molecule has 0 aliphatic carbocycles. The molecule has 3 aromatic rings. The summed E-state index contributed by atoms with van der Waals surface area (Å²) in [5.74, 6) is 0.828. The van der Waals surface area contributed by atoms with E-state index in [1.54, 1.807) is 12.1 Å². The lowest BCUT2D eigenvalue weighted by Gasteiger charge is -2.10. The molecule has 30 heavy (non-hydrogen) atoms. The van der Waals surface area contributed by atoms with Crippen molar-refractivity contribution in [2.24, 2.45) is 5.10 Å². The molecule has 2 aromatic carbocycles. The number of ether oxygens (including phenoxy) is 1. The number of thioether (sulfide) groups is 1. The van der Waals surface area contributed by atoms with Gasteiger partial charge in [-0.25, -0.2) is 0 Å². The number of rotatable bonds is 7. The van der Waals surface area contributed by atoms with Gasteiger partial charge in [0.15, 0.2) is 6.61 Å². The van der Waals surface area contributed by atoms with Gasteiger partial charge in [0.1, 0.15) is 11.6 Å². The quantitative estimate of drug-likeness (QED) is 0.582. The molecular weight excluding hydrogens is 406 g/mol. The number of hydrogen-bond donors (Lipinski definition) is 1. The van der Waals surface area contributed by atoms with E-state index in [2.05, 4.69) is 20.6 Å². The molecule has 0 saturated carbocycles. The predicted octanol–water partition coefficient (Wildman–Crippen LogP) is 2.61. The van der Waals surface area contributed by atoms with E-state index >= 15 is 0 Å². The second-order valence-electron chi connectivity index (χ2n) is 6.16. The lowest BCUT2D eigenvalue weighted by atomic mass is 10.3. The molecule has 10 heteroatoms. The van der Waals surface area contributed by atoms with Crippen LogP contribution >= 0.6 is 11.8 Å². The Kier molecular flexibility index (Phi) is 6.04. The van der Waals surface area contributed by atoms with Gasteiger partial charge in [0.25, 0.3) is 17.0 Å². The van der Waals surface area contributed by atoms with Gasteiger partial charge < -0.3 is 14.5 Å². The summed E-state index contributed by atoms with van der Waals surface area (Å²) in [5.41, 5.74) is 0.650. The van der Waals surface area contributed by atoms with E-state index in [1.807, 2.05) is 48.5 Å². The molecule has 1 N–H and O–H groups in total. The number of aromatic nitrogens is 2. The number of carbonyl (C=O) groups is 2. The molecule has 0 spiro atoms. The highest BCUT2D eigenvalue weighted by atomic mass is 32.2. The Morgan fingerprint density at radius 3 is 2.60 bits per heavy atom. The molecule has 1 aliphatic rings. The molecule has 0 saturated heterocycles. The van der Waals surface area contributed by atoms with Crippen molar-refractivity contribution in [1.82, 2.24) is 15.5 Å². The molecule has 0 radical (unpaired) electrons. The molecule has 0 bridgehead atoms. The van der Waals surface area contributed by atoms with Crippen molar-refractivity contribution >= 4 is 35.1 Å². The lowest BCUT2D eigenvalue weighted by molar-refractivity contribution is -0.117. The molecule has 152 valence electrons. The Labute approximate surface area is 176 Å². The maximum atomic E-state index is 12.2. The Morgan fingerprint density at radius 2 is 1.83 bits per heavy atom. The Bertz CT molecular complexity index is 1060. The number of hydrogen-bond acceptors (Lipinski definition) is 8. The summed E-state index contributed by atoms with van der Waals surface area (Å²) >= 11 is 1.09. The van der Waals surface area contributed by atoms with E-state index in [9.17, 15) is 9.59 Å². The van der Waals surface area contributed by atoms with Crippen LogP contribution in [0.4, 0.5) is 5.69 Å². The van der Waals surface area contributed by atoms with Gasteiger partial charge in [-0.2, -0.15) is 10.1 Å². The predicted molar refractivity (Wildman–Crippen MR) is 110 cm³/mol. The number of para-hydroxylation sites is 2. The number of carbonyl (C=O) groups excluding carboxylic acids is 2. The summed E-state index contributed by atoms with van der Waals surface area (Å²) in [6.07, 6.45) is 0.0346. The Hall–Kier alpha value is -3.66. The van der Waals surface area contributed by atoms with Crippen LogP contribution in [-0.4, -0.2) is 33.6 Å². The van der Waals surface area contributed by atoms with Crippen LogP contribution in [0, 0.1) is 0 Å². The van der Waals surface area contributed by atoms with Crippen molar-refractivity contribution in [3.63, 3.8) is 0 Å². The number of nitrogens with one attached hydrogen (secondary N) is 1. The van der Waals surface area contributed by atoms with Gasteiger partial charge in [-0.3, -0.25) is 9.59 Å². The number of nitrogens with zero attached hydrogens (tertiary/aromatic N) is 4. The van der Waals surface area contributed by atoms with Crippen LogP contribution in [0.25, 0.3) is 0 Å². The monoisotopic (exact) mass is 423 g/mol. The average molecular weight is 423 g/mol. The zero-order valence-corrected chi connectivity index (χ0v) is 16.5. The number of anilines is 1. The van der Waals surface area contributed by atoms with Gasteiger partial charge in [-0.15, -0.1) is 10.2 Å². The summed E-state index contributed by atoms with van der Waals surface area (Å²) in [7, 11) is 0. The molecule has 1 aromatic heterocycles. The fraction of sp³-hybridized carbons (Fsp3) is 0.150. The normalized spacial score (nSPS) is 13.3. The smallest absolute Gasteiger partial charge is 0.277 e. The number of hydrazone groups is 1. The van der Waals surface area contributed by atoms with E-state index in [0.29, 0.717) is 23.2 Å². The minimum absolute atomic E-state index is 0.0346. The molecule has 2 amide bonds. The summed E-state index contributed by atoms with van der Waals surface area (Å²) in [5, 5.41) is 16.1. The van der Waals surface area contributed by atoms with E-state index in [1.165, 1.54) is 5.01 Å². The first-order valence-corrected chi connectivity index (χ1v) is 10.0. The number of amidine groups is 1. The second-order valence-corrected chi connectivity index (χ2v) is 7.09. The van der Waals surface area contributed by atoms with Crippen LogP contribution in [0.5, 0.6) is 5.75 Å². The first-order chi connectivity index (χ1) is 14.7. The first-order valence-electron chi connectivity index (χ1n) is 9.06. The Morgan fingerprint density at radius 1 is 1.10 bits per heavy atom. The van der Waals surface area contributed by atoms with Gasteiger partial charge in [0.05, 0.1) is 17.9 Å². The highest BCUT2D eigenvalue weighted by Gasteiger charge is 2.26. The summed E-state index contributed by atoms with van der Waals surface area (Å²) in [4.78, 5) is 24.3. The molecule has 1 aliphatic heterocycles. The topological polar surface area (TPSA) is 110 Å². The summed E-state index contributed by atoms with van der Waals surface area (Å²) in [6, 6.07) is 18.3. The molecule has 4 rings (SSSR count). The van der Waals surface area contributed by atoms with Gasteiger partial charge in [-0.1, -0.05) is 48.2 Å². The van der Waals surface area contributed by atoms with E-state index in [-0.39, 0.29) is 35.8 Å². The highest BCUT2D eigenvalue weighted by Crippen LogP contribution is 2.20. The van der Waals surface area contributed by atoms with E-state index in [4.69, 9.17) is 9.15 Å². The zero-order chi connectivity index (χ0) is 20.8. The van der Waals surface area contributed by atoms with E-state index < -0.39 is 0 Å². The minimum atomic E-state index is -0.318. The molecule has 2 heterocycles. The van der Waals surface area contributed by atoms with Crippen LogP contribution in [0.2, 0.25) is 0 Å². The highest BCUT2D eigenvalue weighted by molar-refractivity contribution is 7.99. The Balaban J connectivity index is 1.25. The fourth-order valence-electron chi connectivity index (χ4n) is 2.61. The van der Waals surface area contributed by atoms with Gasteiger partial charge in [-0.05, 0) is 24.3 Å². The molecular formula is C20H17N5O4S. The van der Waals surface area contributed by atoms with Crippen molar-refractivity contribution in [2.75, 3.05) is 10.8 Å². The van der Waals surface area contributed by atoms with Crippen molar-refractivity contribution in [2.45, 2.75) is 18.3 Å². The summed E-state index contributed by atoms with van der Waals surface area (Å²) in [6.45, 7) is 0.137. The standard InChI is InChI=1S/C20H17N5O4S/c26-17(21-16-11-19(27)25(24-16)14-7-3-1-4-8-14)13-30-20-23-22-18(29-20)12-28-15-9-5-2-6-10-15/h1-10H,11-13H2,(H,21,24,26). The molecule has 9 nitrogen and oxygen atoms in total. The largest absolute Gasteiger partial charge is 0.484 e. The molecule has 0 atom stereocenters. The maximum Gasteiger partial charge on any atom is 0.277 e. The minimum Gasteiger partial charge on any atom is -0.484 e. The third-order valence-electron chi connectivity index (χ3n) is 3.94. The van der Waals surface area contributed by atoms with Crippen LogP contribution in [0.1, 0.15) is 12.3 Å².